The van der Waals surface area contributed by atoms with Crippen LogP contribution in [0.3, 0.4) is 0 Å². The Morgan fingerprint density at radius 3 is 2.41 bits per heavy atom. The van der Waals surface area contributed by atoms with Crippen LogP contribution in [0, 0.1) is 6.92 Å². The molecule has 27 heavy (non-hydrogen) atoms. The summed E-state index contributed by atoms with van der Waals surface area (Å²) in [4.78, 5) is 15.4. The van der Waals surface area contributed by atoms with Crippen LogP contribution in [0.1, 0.15) is 16.8 Å². The molecule has 0 aliphatic carbocycles. The zero-order valence-corrected chi connectivity index (χ0v) is 16.4. The molecule has 2 aromatic heterocycles. The Kier molecular flexibility index (Phi) is 6.60. The lowest BCUT2D eigenvalue weighted by Gasteiger charge is -2.19. The van der Waals surface area contributed by atoms with Gasteiger partial charge < -0.3 is 10.2 Å². The van der Waals surface area contributed by atoms with Crippen molar-refractivity contribution in [3.63, 3.8) is 0 Å². The number of anilines is 2. The minimum Gasteiger partial charge on any atom is -0.359 e. The van der Waals surface area contributed by atoms with Crippen LogP contribution in [-0.4, -0.2) is 35.1 Å². The maximum absolute atomic E-state index is 5.93. The molecule has 0 saturated heterocycles. The van der Waals surface area contributed by atoms with E-state index in [0.29, 0.717) is 5.95 Å². The molecule has 0 atom stereocenters. The Morgan fingerprint density at radius 1 is 0.963 bits per heavy atom. The Bertz CT molecular complexity index is 852. The van der Waals surface area contributed by atoms with Gasteiger partial charge >= 0.3 is 0 Å². The van der Waals surface area contributed by atoms with Crippen molar-refractivity contribution in [3.8, 4) is 0 Å². The standard InChI is InChI=1S/C21H24ClN5/c1-16-15-20(27(2)14-10-18-7-11-23-12-8-18)26-21(25-16)24-13-9-17-3-5-19(22)6-4-17/h3-8,11-12,15H,9-10,13-14H2,1-2H3,(H,24,25,26). The Balaban J connectivity index is 1.57. The van der Waals surface area contributed by atoms with E-state index in [4.69, 9.17) is 11.6 Å². The predicted octanol–water partition coefficient (Wildman–Crippen LogP) is 4.17. The van der Waals surface area contributed by atoms with E-state index in [9.17, 15) is 0 Å². The van der Waals surface area contributed by atoms with Gasteiger partial charge in [-0.25, -0.2) is 4.98 Å². The Morgan fingerprint density at radius 2 is 1.67 bits per heavy atom. The van der Waals surface area contributed by atoms with Gasteiger partial charge in [0.2, 0.25) is 5.95 Å². The number of halogens is 1. The monoisotopic (exact) mass is 381 g/mol. The molecule has 0 unspecified atom stereocenters. The number of likely N-dealkylation sites (N-methyl/N-ethyl adjacent to an activating group) is 1. The summed E-state index contributed by atoms with van der Waals surface area (Å²) in [5.74, 6) is 1.58. The molecule has 0 amide bonds. The van der Waals surface area contributed by atoms with Crippen LogP contribution in [0.25, 0.3) is 0 Å². The highest BCUT2D eigenvalue weighted by Crippen LogP contribution is 2.15. The summed E-state index contributed by atoms with van der Waals surface area (Å²) in [5.41, 5.74) is 3.45. The molecular weight excluding hydrogens is 358 g/mol. The second-order valence-electron chi connectivity index (χ2n) is 6.52. The largest absolute Gasteiger partial charge is 0.359 e. The number of nitrogens with one attached hydrogen (secondary N) is 1. The number of pyridine rings is 1. The topological polar surface area (TPSA) is 53.9 Å². The van der Waals surface area contributed by atoms with Gasteiger partial charge in [-0.15, -0.1) is 0 Å². The molecule has 0 bridgehead atoms. The van der Waals surface area contributed by atoms with Crippen molar-refractivity contribution in [1.82, 2.24) is 15.0 Å². The second kappa shape index (κ2) is 9.33. The van der Waals surface area contributed by atoms with E-state index in [2.05, 4.69) is 32.2 Å². The Labute approximate surface area is 165 Å². The summed E-state index contributed by atoms with van der Waals surface area (Å²) in [5, 5.41) is 4.09. The van der Waals surface area contributed by atoms with E-state index < -0.39 is 0 Å². The van der Waals surface area contributed by atoms with Gasteiger partial charge in [-0.2, -0.15) is 4.98 Å². The van der Waals surface area contributed by atoms with E-state index in [0.717, 1.165) is 42.5 Å². The quantitative estimate of drug-likeness (QED) is 0.634. The lowest BCUT2D eigenvalue weighted by molar-refractivity contribution is 0.850. The van der Waals surface area contributed by atoms with Gasteiger partial charge in [-0.3, -0.25) is 4.98 Å². The molecule has 1 N–H and O–H groups in total. The van der Waals surface area contributed by atoms with E-state index in [-0.39, 0.29) is 0 Å². The van der Waals surface area contributed by atoms with Crippen LogP contribution >= 0.6 is 11.6 Å². The normalized spacial score (nSPS) is 10.6. The second-order valence-corrected chi connectivity index (χ2v) is 6.96. The molecule has 6 heteroatoms. The number of hydrogen-bond acceptors (Lipinski definition) is 5. The molecule has 0 fully saturated rings. The Hall–Kier alpha value is -2.66. The van der Waals surface area contributed by atoms with Gasteiger partial charge in [0.25, 0.3) is 0 Å². The number of aromatic nitrogens is 3. The van der Waals surface area contributed by atoms with E-state index in [1.807, 2.05) is 61.8 Å². The van der Waals surface area contributed by atoms with Crippen molar-refractivity contribution in [1.29, 1.82) is 0 Å². The number of aryl methyl sites for hydroxylation is 1. The maximum Gasteiger partial charge on any atom is 0.224 e. The van der Waals surface area contributed by atoms with E-state index >= 15 is 0 Å². The number of rotatable bonds is 8. The van der Waals surface area contributed by atoms with Crippen molar-refractivity contribution >= 4 is 23.4 Å². The van der Waals surface area contributed by atoms with Gasteiger partial charge in [-0.1, -0.05) is 23.7 Å². The minimum atomic E-state index is 0.662. The molecule has 140 valence electrons. The molecule has 3 rings (SSSR count). The van der Waals surface area contributed by atoms with Gasteiger partial charge in [0.15, 0.2) is 0 Å². The highest BCUT2D eigenvalue weighted by Gasteiger charge is 2.07. The van der Waals surface area contributed by atoms with Crippen LogP contribution in [0.5, 0.6) is 0 Å². The fourth-order valence-electron chi connectivity index (χ4n) is 2.76. The van der Waals surface area contributed by atoms with Crippen LogP contribution in [0.4, 0.5) is 11.8 Å². The third-order valence-electron chi connectivity index (χ3n) is 4.33. The van der Waals surface area contributed by atoms with Crippen molar-refractivity contribution in [2.45, 2.75) is 19.8 Å². The first-order chi connectivity index (χ1) is 13.1. The summed E-state index contributed by atoms with van der Waals surface area (Å²) >= 11 is 5.93. The minimum absolute atomic E-state index is 0.662. The number of benzene rings is 1. The first kappa shape index (κ1) is 19.1. The van der Waals surface area contributed by atoms with Crippen LogP contribution in [0.2, 0.25) is 5.02 Å². The number of hydrogen-bond donors (Lipinski definition) is 1. The summed E-state index contributed by atoms with van der Waals surface area (Å²) < 4.78 is 0. The summed E-state index contributed by atoms with van der Waals surface area (Å²) in [6.45, 7) is 3.64. The fourth-order valence-corrected chi connectivity index (χ4v) is 2.88. The third-order valence-corrected chi connectivity index (χ3v) is 4.58. The van der Waals surface area contributed by atoms with Crippen molar-refractivity contribution < 1.29 is 0 Å². The van der Waals surface area contributed by atoms with Crippen LogP contribution in [-0.2, 0) is 12.8 Å². The first-order valence-corrected chi connectivity index (χ1v) is 9.42. The average Bonchev–Trinajstić information content (AvgIpc) is 2.68. The molecule has 1 aromatic carbocycles. The molecule has 0 spiro atoms. The van der Waals surface area contributed by atoms with Gasteiger partial charge in [-0.05, 0) is 55.2 Å². The van der Waals surface area contributed by atoms with E-state index in [1.54, 1.807) is 0 Å². The molecule has 0 aliphatic rings. The summed E-state index contributed by atoms with van der Waals surface area (Å²) in [6, 6.07) is 14.0. The van der Waals surface area contributed by atoms with E-state index in [1.165, 1.54) is 11.1 Å². The van der Waals surface area contributed by atoms with Gasteiger partial charge in [0.05, 0.1) is 0 Å². The van der Waals surface area contributed by atoms with Crippen LogP contribution in [0.15, 0.2) is 54.9 Å². The van der Waals surface area contributed by atoms with Crippen molar-refractivity contribution in [3.05, 3.63) is 76.7 Å². The number of nitrogens with zero attached hydrogens (tertiary/aromatic N) is 4. The molecule has 5 nitrogen and oxygen atoms in total. The molecular formula is C21H24ClN5. The summed E-state index contributed by atoms with van der Waals surface area (Å²) in [6.07, 6.45) is 5.49. The zero-order chi connectivity index (χ0) is 19.1. The molecule has 2 heterocycles. The van der Waals surface area contributed by atoms with Gasteiger partial charge in [0.1, 0.15) is 5.82 Å². The average molecular weight is 382 g/mol. The molecule has 0 saturated carbocycles. The SMILES string of the molecule is Cc1cc(N(C)CCc2ccncc2)nc(NCCc2ccc(Cl)cc2)n1. The van der Waals surface area contributed by atoms with Crippen molar-refractivity contribution in [2.75, 3.05) is 30.4 Å². The highest BCUT2D eigenvalue weighted by molar-refractivity contribution is 6.30. The lowest BCUT2D eigenvalue weighted by Crippen LogP contribution is -2.22. The first-order valence-electron chi connectivity index (χ1n) is 9.04. The fraction of sp³-hybridized carbons (Fsp3) is 0.286. The third kappa shape index (κ3) is 5.93. The van der Waals surface area contributed by atoms with Crippen LogP contribution < -0.4 is 10.2 Å². The smallest absolute Gasteiger partial charge is 0.224 e. The molecule has 0 radical (unpaired) electrons. The predicted molar refractivity (Wildman–Crippen MR) is 112 cm³/mol. The van der Waals surface area contributed by atoms with Gasteiger partial charge in [0, 0.05) is 49.3 Å². The maximum atomic E-state index is 5.93. The highest BCUT2D eigenvalue weighted by atomic mass is 35.5. The molecule has 0 aliphatic heterocycles. The van der Waals surface area contributed by atoms with Crippen molar-refractivity contribution in [2.24, 2.45) is 0 Å². The zero-order valence-electron chi connectivity index (χ0n) is 15.7. The molecule has 3 aromatic rings. The lowest BCUT2D eigenvalue weighted by atomic mass is 10.1. The summed E-state index contributed by atoms with van der Waals surface area (Å²) in [7, 11) is 2.06.